The van der Waals surface area contributed by atoms with E-state index in [1.165, 1.54) is 0 Å². The molecule has 2 N–H and O–H groups in total. The van der Waals surface area contributed by atoms with Crippen molar-refractivity contribution in [1.82, 2.24) is 10.6 Å². The number of halogens is 1. The van der Waals surface area contributed by atoms with Gasteiger partial charge in [-0.05, 0) is 38.3 Å². The van der Waals surface area contributed by atoms with Gasteiger partial charge in [0.05, 0.1) is 18.7 Å². The average molecular weight is 437 g/mol. The fourth-order valence-corrected chi connectivity index (χ4v) is 2.16. The molecule has 134 valence electrons. The van der Waals surface area contributed by atoms with E-state index < -0.39 is 0 Å². The number of guanidine groups is 1. The highest BCUT2D eigenvalue weighted by atomic mass is 127. The Bertz CT molecular complexity index is 480. The van der Waals surface area contributed by atoms with Gasteiger partial charge in [-0.15, -0.1) is 24.0 Å². The number of furan rings is 1. The zero-order chi connectivity index (χ0) is 16.8. The molecule has 0 aliphatic heterocycles. The fraction of sp³-hybridized carbons (Fsp3) is 0.706. The molecule has 2 atom stereocenters. The number of nitrogens with zero attached hydrogens (tertiary/aromatic N) is 1. The van der Waals surface area contributed by atoms with Crippen molar-refractivity contribution in [2.45, 2.75) is 53.7 Å². The van der Waals surface area contributed by atoms with E-state index in [-0.39, 0.29) is 41.5 Å². The Morgan fingerprint density at radius 2 is 2.00 bits per heavy atom. The molecule has 5 nitrogen and oxygen atoms in total. The molecule has 6 heteroatoms. The highest BCUT2D eigenvalue weighted by molar-refractivity contribution is 14.0. The van der Waals surface area contributed by atoms with Gasteiger partial charge in [-0.3, -0.25) is 4.99 Å². The van der Waals surface area contributed by atoms with E-state index in [0.29, 0.717) is 6.54 Å². The largest absolute Gasteiger partial charge is 0.464 e. The molecule has 0 amide bonds. The van der Waals surface area contributed by atoms with E-state index in [1.807, 2.05) is 19.1 Å². The minimum Gasteiger partial charge on any atom is -0.464 e. The summed E-state index contributed by atoms with van der Waals surface area (Å²) in [6, 6.07) is 4.02. The molecule has 1 rings (SSSR count). The van der Waals surface area contributed by atoms with Gasteiger partial charge in [-0.2, -0.15) is 0 Å². The molecule has 1 aromatic rings. The number of methoxy groups -OCH3 is 1. The Hall–Kier alpha value is -0.760. The lowest BCUT2D eigenvalue weighted by molar-refractivity contribution is 0.0241. The second kappa shape index (κ2) is 10.2. The fourth-order valence-electron chi connectivity index (χ4n) is 2.16. The maximum atomic E-state index is 5.66. The Balaban J connectivity index is 0.00000484. The van der Waals surface area contributed by atoms with Crippen molar-refractivity contribution >= 4 is 29.9 Å². The molecule has 0 saturated heterocycles. The number of aryl methyl sites for hydroxylation is 1. The molecule has 23 heavy (non-hydrogen) atoms. The van der Waals surface area contributed by atoms with Crippen LogP contribution in [0.25, 0.3) is 0 Å². The summed E-state index contributed by atoms with van der Waals surface area (Å²) in [5.41, 5.74) is 0.0549. The summed E-state index contributed by atoms with van der Waals surface area (Å²) in [6.45, 7) is 13.9. The van der Waals surface area contributed by atoms with Crippen LogP contribution in [0.4, 0.5) is 0 Å². The molecule has 0 saturated carbocycles. The smallest absolute Gasteiger partial charge is 0.191 e. The van der Waals surface area contributed by atoms with Crippen LogP contribution in [0.15, 0.2) is 21.5 Å². The first-order valence-corrected chi connectivity index (χ1v) is 7.92. The van der Waals surface area contributed by atoms with Gasteiger partial charge in [0.15, 0.2) is 5.96 Å². The van der Waals surface area contributed by atoms with Crippen molar-refractivity contribution in [3.63, 3.8) is 0 Å². The highest BCUT2D eigenvalue weighted by Crippen LogP contribution is 2.22. The zero-order valence-corrected chi connectivity index (χ0v) is 17.7. The lowest BCUT2D eigenvalue weighted by atomic mass is 9.89. The van der Waals surface area contributed by atoms with E-state index in [0.717, 1.165) is 24.0 Å². The highest BCUT2D eigenvalue weighted by Gasteiger charge is 2.24. The number of nitrogens with one attached hydrogen (secondary N) is 2. The number of ether oxygens (including phenoxy) is 1. The Kier molecular flexibility index (Phi) is 9.84. The van der Waals surface area contributed by atoms with Crippen molar-refractivity contribution in [1.29, 1.82) is 0 Å². The van der Waals surface area contributed by atoms with Crippen LogP contribution in [-0.2, 0) is 4.74 Å². The summed E-state index contributed by atoms with van der Waals surface area (Å²) in [6.07, 6.45) is 0.0733. The van der Waals surface area contributed by atoms with Crippen LogP contribution in [0.3, 0.4) is 0 Å². The first kappa shape index (κ1) is 22.2. The third-order valence-electron chi connectivity index (χ3n) is 3.55. The molecule has 0 aliphatic rings. The van der Waals surface area contributed by atoms with E-state index in [1.54, 1.807) is 7.11 Å². The summed E-state index contributed by atoms with van der Waals surface area (Å²) in [5.74, 6) is 2.59. The number of hydrogen-bond acceptors (Lipinski definition) is 3. The second-order valence-corrected chi connectivity index (χ2v) is 6.62. The molecule has 0 aromatic carbocycles. The maximum Gasteiger partial charge on any atom is 0.191 e. The van der Waals surface area contributed by atoms with Gasteiger partial charge in [0, 0.05) is 13.7 Å². The summed E-state index contributed by atoms with van der Waals surface area (Å²) in [7, 11) is 1.74. The number of rotatable bonds is 6. The third-order valence-corrected chi connectivity index (χ3v) is 3.55. The molecule has 1 heterocycles. The van der Waals surface area contributed by atoms with Gasteiger partial charge in [0.1, 0.15) is 11.5 Å². The van der Waals surface area contributed by atoms with E-state index in [2.05, 4.69) is 50.2 Å². The number of hydrogen-bond donors (Lipinski definition) is 2. The molecule has 0 aliphatic carbocycles. The van der Waals surface area contributed by atoms with Crippen LogP contribution in [0.1, 0.15) is 52.2 Å². The predicted octanol–water partition coefficient (Wildman–Crippen LogP) is 3.88. The van der Waals surface area contributed by atoms with Gasteiger partial charge < -0.3 is 19.8 Å². The normalized spacial score (nSPS) is 14.8. The second-order valence-electron chi connectivity index (χ2n) is 6.62. The minimum absolute atomic E-state index is 0. The zero-order valence-electron chi connectivity index (χ0n) is 15.4. The summed E-state index contributed by atoms with van der Waals surface area (Å²) in [5, 5.41) is 6.63. The summed E-state index contributed by atoms with van der Waals surface area (Å²) < 4.78 is 11.2. The van der Waals surface area contributed by atoms with Crippen LogP contribution in [-0.4, -0.2) is 32.3 Å². The van der Waals surface area contributed by atoms with Crippen LogP contribution >= 0.6 is 24.0 Å². The van der Waals surface area contributed by atoms with Crippen molar-refractivity contribution in [2.24, 2.45) is 10.4 Å². The van der Waals surface area contributed by atoms with Crippen molar-refractivity contribution in [3.8, 4) is 0 Å². The molecule has 0 bridgehead atoms. The molecule has 0 fully saturated rings. The molecular formula is C17H32IN3O2. The Labute approximate surface area is 157 Å². The SMILES string of the molecule is CCNC(=NCC(OC)C(C)(C)C)NC(C)c1ccc(C)o1.I. The number of aliphatic imine (C=N–C) groups is 1. The van der Waals surface area contributed by atoms with Crippen LogP contribution < -0.4 is 10.6 Å². The summed E-state index contributed by atoms with van der Waals surface area (Å²) in [4.78, 5) is 4.65. The Morgan fingerprint density at radius 1 is 1.35 bits per heavy atom. The molecule has 1 aromatic heterocycles. The van der Waals surface area contributed by atoms with Gasteiger partial charge in [0.25, 0.3) is 0 Å². The summed E-state index contributed by atoms with van der Waals surface area (Å²) >= 11 is 0. The topological polar surface area (TPSA) is 58.8 Å². The van der Waals surface area contributed by atoms with E-state index >= 15 is 0 Å². The van der Waals surface area contributed by atoms with Crippen LogP contribution in [0.2, 0.25) is 0 Å². The van der Waals surface area contributed by atoms with Gasteiger partial charge >= 0.3 is 0 Å². The molecular weight excluding hydrogens is 405 g/mol. The standard InChI is InChI=1S/C17H31N3O2.HI/c1-8-18-16(19-11-15(21-7)17(4,5)6)20-13(3)14-10-9-12(2)22-14;/h9-10,13,15H,8,11H2,1-7H3,(H2,18,19,20);1H. The minimum atomic E-state index is 0. The predicted molar refractivity (Wildman–Crippen MR) is 107 cm³/mol. The lowest BCUT2D eigenvalue weighted by Crippen LogP contribution is -2.40. The van der Waals surface area contributed by atoms with Gasteiger partial charge in [-0.25, -0.2) is 0 Å². The Morgan fingerprint density at radius 3 is 2.43 bits per heavy atom. The average Bonchev–Trinajstić information content (AvgIpc) is 2.84. The molecule has 0 radical (unpaired) electrons. The van der Waals surface area contributed by atoms with Crippen LogP contribution in [0.5, 0.6) is 0 Å². The first-order valence-electron chi connectivity index (χ1n) is 7.92. The van der Waals surface area contributed by atoms with Crippen molar-refractivity contribution < 1.29 is 9.15 Å². The molecule has 2 unspecified atom stereocenters. The maximum absolute atomic E-state index is 5.66. The first-order chi connectivity index (χ1) is 10.3. The van der Waals surface area contributed by atoms with Gasteiger partial charge in [-0.1, -0.05) is 20.8 Å². The van der Waals surface area contributed by atoms with E-state index in [9.17, 15) is 0 Å². The lowest BCUT2D eigenvalue weighted by Gasteiger charge is -2.28. The third kappa shape index (κ3) is 7.56. The van der Waals surface area contributed by atoms with Crippen LogP contribution in [0, 0.1) is 12.3 Å². The quantitative estimate of drug-likeness (QED) is 0.403. The van der Waals surface area contributed by atoms with Gasteiger partial charge in [0.2, 0.25) is 0 Å². The molecule has 0 spiro atoms. The van der Waals surface area contributed by atoms with Crippen molar-refractivity contribution in [2.75, 3.05) is 20.2 Å². The van der Waals surface area contributed by atoms with E-state index in [4.69, 9.17) is 9.15 Å². The monoisotopic (exact) mass is 437 g/mol. The van der Waals surface area contributed by atoms with Crippen molar-refractivity contribution in [3.05, 3.63) is 23.7 Å².